The van der Waals surface area contributed by atoms with Crippen LogP contribution in [0.25, 0.3) is 0 Å². The molecule has 86 valence electrons. The molecule has 16 heavy (non-hydrogen) atoms. The van der Waals surface area contributed by atoms with Gasteiger partial charge >= 0.3 is 5.97 Å². The zero-order valence-corrected chi connectivity index (χ0v) is 10.3. The molecule has 2 heterocycles. The van der Waals surface area contributed by atoms with E-state index in [1.54, 1.807) is 6.20 Å². The number of rotatable bonds is 3. The third-order valence-corrected chi connectivity index (χ3v) is 3.22. The lowest BCUT2D eigenvalue weighted by Crippen LogP contribution is -2.36. The van der Waals surface area contributed by atoms with Gasteiger partial charge in [-0.3, -0.25) is 9.78 Å². The zero-order valence-electron chi connectivity index (χ0n) is 8.69. The number of carboxylic acid groups (broad SMARTS) is 1. The zero-order chi connectivity index (χ0) is 11.5. The van der Waals surface area contributed by atoms with E-state index in [0.29, 0.717) is 6.42 Å². The van der Waals surface area contributed by atoms with E-state index in [0.717, 1.165) is 22.9 Å². The molecule has 1 aliphatic rings. The number of hydrogen-bond donors (Lipinski definition) is 2. The van der Waals surface area contributed by atoms with Gasteiger partial charge in [0, 0.05) is 22.9 Å². The van der Waals surface area contributed by atoms with E-state index in [-0.39, 0.29) is 12.1 Å². The molecule has 0 saturated carbocycles. The van der Waals surface area contributed by atoms with Gasteiger partial charge in [-0.2, -0.15) is 0 Å². The van der Waals surface area contributed by atoms with Gasteiger partial charge in [0.05, 0.1) is 0 Å². The second-order valence-electron chi connectivity index (χ2n) is 4.05. The predicted octanol–water partition coefficient (Wildman–Crippen LogP) is 1.59. The summed E-state index contributed by atoms with van der Waals surface area (Å²) in [5, 5.41) is 12.0. The summed E-state index contributed by atoms with van der Waals surface area (Å²) in [5.74, 6) is -0.755. The van der Waals surface area contributed by atoms with E-state index in [1.165, 1.54) is 0 Å². The lowest BCUT2D eigenvalue weighted by atomic mass is 10.1. The van der Waals surface area contributed by atoms with Crippen LogP contribution < -0.4 is 5.32 Å². The van der Waals surface area contributed by atoms with Crippen molar-refractivity contribution in [1.29, 1.82) is 0 Å². The normalized spacial score (nSPS) is 24.6. The molecule has 4 nitrogen and oxygen atoms in total. The van der Waals surface area contributed by atoms with Gasteiger partial charge in [-0.05, 0) is 46.8 Å². The van der Waals surface area contributed by atoms with Crippen molar-refractivity contribution in [2.24, 2.45) is 0 Å². The van der Waals surface area contributed by atoms with Gasteiger partial charge in [0.15, 0.2) is 0 Å². The lowest BCUT2D eigenvalue weighted by Gasteiger charge is -2.11. The van der Waals surface area contributed by atoms with E-state index < -0.39 is 5.97 Å². The summed E-state index contributed by atoms with van der Waals surface area (Å²) in [7, 11) is 0. The van der Waals surface area contributed by atoms with Crippen molar-refractivity contribution in [2.75, 3.05) is 0 Å². The molecule has 0 spiro atoms. The number of aromatic nitrogens is 1. The van der Waals surface area contributed by atoms with Gasteiger partial charge in [0.1, 0.15) is 6.04 Å². The molecule has 0 aromatic carbocycles. The van der Waals surface area contributed by atoms with E-state index in [2.05, 4.69) is 26.2 Å². The summed E-state index contributed by atoms with van der Waals surface area (Å²) >= 11 is 3.37. The average Bonchev–Trinajstić information content (AvgIpc) is 2.66. The number of hydrogen-bond acceptors (Lipinski definition) is 3. The molecule has 0 radical (unpaired) electrons. The minimum atomic E-state index is -0.755. The van der Waals surface area contributed by atoms with Crippen LogP contribution in [0.2, 0.25) is 0 Å². The molecule has 2 N–H and O–H groups in total. The first-order chi connectivity index (χ1) is 7.65. The Labute approximate surface area is 102 Å². The summed E-state index contributed by atoms with van der Waals surface area (Å²) in [6.45, 7) is 0. The van der Waals surface area contributed by atoms with Crippen molar-refractivity contribution < 1.29 is 9.90 Å². The van der Waals surface area contributed by atoms with Crippen molar-refractivity contribution in [3.8, 4) is 0 Å². The summed E-state index contributed by atoms with van der Waals surface area (Å²) in [6.07, 6.45) is 6.01. The highest BCUT2D eigenvalue weighted by atomic mass is 79.9. The number of halogens is 1. The first-order valence-corrected chi connectivity index (χ1v) is 6.03. The second-order valence-corrected chi connectivity index (χ2v) is 4.96. The van der Waals surface area contributed by atoms with Crippen LogP contribution in [-0.2, 0) is 11.2 Å². The SMILES string of the molecule is O=C(O)C1CCC(Cc2cncc(Br)c2)N1. The van der Waals surface area contributed by atoms with E-state index in [9.17, 15) is 4.79 Å². The molecule has 5 heteroatoms. The molecule has 0 aliphatic carbocycles. The molecule has 0 bridgehead atoms. The van der Waals surface area contributed by atoms with Crippen molar-refractivity contribution in [1.82, 2.24) is 10.3 Å². The number of aliphatic carboxylic acids is 1. The Morgan fingerprint density at radius 3 is 3.00 bits per heavy atom. The van der Waals surface area contributed by atoms with E-state index in [1.807, 2.05) is 12.3 Å². The van der Waals surface area contributed by atoms with Crippen molar-refractivity contribution in [3.05, 3.63) is 28.5 Å². The Hall–Kier alpha value is -0.940. The topological polar surface area (TPSA) is 62.2 Å². The van der Waals surface area contributed by atoms with E-state index >= 15 is 0 Å². The van der Waals surface area contributed by atoms with Crippen LogP contribution in [0.1, 0.15) is 18.4 Å². The Balaban J connectivity index is 1.94. The van der Waals surface area contributed by atoms with Crippen LogP contribution in [0.5, 0.6) is 0 Å². The monoisotopic (exact) mass is 284 g/mol. The van der Waals surface area contributed by atoms with Crippen LogP contribution in [0.3, 0.4) is 0 Å². The number of nitrogens with one attached hydrogen (secondary N) is 1. The highest BCUT2D eigenvalue weighted by molar-refractivity contribution is 9.10. The molecule has 1 saturated heterocycles. The molecule has 0 amide bonds. The fourth-order valence-electron chi connectivity index (χ4n) is 2.03. The van der Waals surface area contributed by atoms with Crippen molar-refractivity contribution in [3.63, 3.8) is 0 Å². The molecule has 1 aliphatic heterocycles. The van der Waals surface area contributed by atoms with Gasteiger partial charge in [-0.1, -0.05) is 0 Å². The Morgan fingerprint density at radius 1 is 1.56 bits per heavy atom. The summed E-state index contributed by atoms with van der Waals surface area (Å²) in [6, 6.07) is 1.88. The quantitative estimate of drug-likeness (QED) is 0.885. The maximum atomic E-state index is 10.8. The standard InChI is InChI=1S/C11H13BrN2O2/c12-8-3-7(5-13-6-8)4-9-1-2-10(14-9)11(15)16/h3,5-6,9-10,14H,1-2,4H2,(H,15,16). The van der Waals surface area contributed by atoms with Gasteiger partial charge in [0.2, 0.25) is 0 Å². The number of carbonyl (C=O) groups is 1. The highest BCUT2D eigenvalue weighted by Gasteiger charge is 2.28. The molecular weight excluding hydrogens is 272 g/mol. The fourth-order valence-corrected chi connectivity index (χ4v) is 2.44. The summed E-state index contributed by atoms with van der Waals surface area (Å²) in [4.78, 5) is 14.9. The van der Waals surface area contributed by atoms with Gasteiger partial charge in [-0.25, -0.2) is 0 Å². The molecule has 1 aromatic rings. The predicted molar refractivity (Wildman–Crippen MR) is 63.2 cm³/mol. The molecule has 2 unspecified atom stereocenters. The van der Waals surface area contributed by atoms with Crippen LogP contribution in [-0.4, -0.2) is 28.1 Å². The van der Waals surface area contributed by atoms with E-state index in [4.69, 9.17) is 5.11 Å². The number of pyridine rings is 1. The number of nitrogens with zero attached hydrogens (tertiary/aromatic N) is 1. The third kappa shape index (κ3) is 2.80. The third-order valence-electron chi connectivity index (χ3n) is 2.78. The Kier molecular flexibility index (Phi) is 3.56. The Morgan fingerprint density at radius 2 is 2.38 bits per heavy atom. The fraction of sp³-hybridized carbons (Fsp3) is 0.455. The minimum absolute atomic E-state index is 0.247. The molecule has 1 fully saturated rings. The van der Waals surface area contributed by atoms with Crippen LogP contribution in [0.4, 0.5) is 0 Å². The first-order valence-electron chi connectivity index (χ1n) is 5.23. The number of carboxylic acids is 1. The van der Waals surface area contributed by atoms with Crippen LogP contribution in [0, 0.1) is 0 Å². The first kappa shape index (κ1) is 11.5. The van der Waals surface area contributed by atoms with Gasteiger partial charge in [-0.15, -0.1) is 0 Å². The molecule has 2 atom stereocenters. The summed E-state index contributed by atoms with van der Waals surface area (Å²) < 4.78 is 0.956. The van der Waals surface area contributed by atoms with Gasteiger partial charge in [0.25, 0.3) is 0 Å². The smallest absolute Gasteiger partial charge is 0.320 e. The maximum Gasteiger partial charge on any atom is 0.320 e. The summed E-state index contributed by atoms with van der Waals surface area (Å²) in [5.41, 5.74) is 1.12. The molecule has 1 aromatic heterocycles. The van der Waals surface area contributed by atoms with Crippen molar-refractivity contribution in [2.45, 2.75) is 31.3 Å². The highest BCUT2D eigenvalue weighted by Crippen LogP contribution is 2.18. The van der Waals surface area contributed by atoms with Gasteiger partial charge < -0.3 is 10.4 Å². The molecular formula is C11H13BrN2O2. The van der Waals surface area contributed by atoms with Crippen molar-refractivity contribution >= 4 is 21.9 Å². The van der Waals surface area contributed by atoms with Crippen LogP contribution in [0.15, 0.2) is 22.9 Å². The maximum absolute atomic E-state index is 10.8. The van der Waals surface area contributed by atoms with Crippen LogP contribution >= 0.6 is 15.9 Å². The second kappa shape index (κ2) is 4.93. The molecule has 2 rings (SSSR count). The minimum Gasteiger partial charge on any atom is -0.480 e. The lowest BCUT2D eigenvalue weighted by molar-refractivity contribution is -0.139. The largest absolute Gasteiger partial charge is 0.480 e. The average molecular weight is 285 g/mol. The Bertz CT molecular complexity index is 397.